The molecule has 0 aliphatic carbocycles. The van der Waals surface area contributed by atoms with Crippen LogP contribution in [0.4, 0.5) is 13.2 Å². The van der Waals surface area contributed by atoms with Crippen LogP contribution in [0.15, 0.2) is 24.3 Å². The Morgan fingerprint density at radius 2 is 1.76 bits per heavy atom. The van der Waals surface area contributed by atoms with E-state index in [1.807, 2.05) is 0 Å². The molecule has 1 saturated heterocycles. The summed E-state index contributed by atoms with van der Waals surface area (Å²) in [5.74, 6) is 0.498. The second kappa shape index (κ2) is 6.39. The van der Waals surface area contributed by atoms with Crippen LogP contribution >= 0.6 is 0 Å². The van der Waals surface area contributed by atoms with Gasteiger partial charge in [0.1, 0.15) is 0 Å². The summed E-state index contributed by atoms with van der Waals surface area (Å²) in [6, 6.07) is 5.74. The highest BCUT2D eigenvalue weighted by atomic mass is 19.4. The van der Waals surface area contributed by atoms with Crippen molar-refractivity contribution >= 4 is 0 Å². The zero-order valence-electron chi connectivity index (χ0n) is 12.8. The fourth-order valence-corrected chi connectivity index (χ4v) is 3.36. The van der Waals surface area contributed by atoms with E-state index in [0.717, 1.165) is 37.8 Å². The summed E-state index contributed by atoms with van der Waals surface area (Å²) < 4.78 is 38.2. The Kier molecular flexibility index (Phi) is 4.97. The quantitative estimate of drug-likeness (QED) is 0.817. The highest BCUT2D eigenvalue weighted by molar-refractivity contribution is 5.30. The molecule has 1 nitrogen and oxygen atoms in total. The Balaban J connectivity index is 2.32. The molecule has 4 heteroatoms. The standard InChI is InChI=1S/C17H24F3N/c1-13(2)12-16(10-4-3-5-11-21-16)14-6-8-15(9-7-14)17(18,19)20/h6-9,13,21H,3-5,10-12H2,1-2H3. The number of rotatable bonds is 3. The largest absolute Gasteiger partial charge is 0.416 e. The van der Waals surface area contributed by atoms with E-state index in [4.69, 9.17) is 0 Å². The van der Waals surface area contributed by atoms with Crippen LogP contribution in [0.25, 0.3) is 0 Å². The first-order chi connectivity index (χ1) is 9.83. The summed E-state index contributed by atoms with van der Waals surface area (Å²) >= 11 is 0. The maximum absolute atomic E-state index is 12.7. The third-order valence-corrected chi connectivity index (χ3v) is 4.27. The molecule has 0 bridgehead atoms. The summed E-state index contributed by atoms with van der Waals surface area (Å²) in [7, 11) is 0. The minimum atomic E-state index is -4.26. The first-order valence-electron chi connectivity index (χ1n) is 7.76. The zero-order chi connectivity index (χ0) is 15.5. The van der Waals surface area contributed by atoms with E-state index in [1.165, 1.54) is 18.6 Å². The normalized spacial score (nSPS) is 24.1. The maximum Gasteiger partial charge on any atom is 0.416 e. The number of halogens is 3. The molecule has 1 aliphatic heterocycles. The number of benzene rings is 1. The van der Waals surface area contributed by atoms with Crippen molar-refractivity contribution in [3.05, 3.63) is 35.4 Å². The van der Waals surface area contributed by atoms with Crippen molar-refractivity contribution in [3.63, 3.8) is 0 Å². The molecule has 0 aromatic heterocycles. The SMILES string of the molecule is CC(C)CC1(c2ccc(C(F)(F)F)cc2)CCCCCN1. The van der Waals surface area contributed by atoms with Gasteiger partial charge in [-0.15, -0.1) is 0 Å². The van der Waals surface area contributed by atoms with E-state index in [1.54, 1.807) is 12.1 Å². The molecule has 2 rings (SSSR count). The van der Waals surface area contributed by atoms with E-state index >= 15 is 0 Å². The molecule has 0 amide bonds. The van der Waals surface area contributed by atoms with Crippen molar-refractivity contribution in [2.45, 2.75) is 57.7 Å². The Hall–Kier alpha value is -1.03. The molecular formula is C17H24F3N. The van der Waals surface area contributed by atoms with Gasteiger partial charge in [-0.05, 0) is 49.4 Å². The van der Waals surface area contributed by atoms with Gasteiger partial charge < -0.3 is 5.32 Å². The van der Waals surface area contributed by atoms with Gasteiger partial charge in [0.25, 0.3) is 0 Å². The first kappa shape index (κ1) is 16.3. The van der Waals surface area contributed by atoms with E-state index < -0.39 is 11.7 Å². The summed E-state index contributed by atoms with van der Waals surface area (Å²) in [6.07, 6.45) is 1.14. The van der Waals surface area contributed by atoms with Crippen molar-refractivity contribution in [1.29, 1.82) is 0 Å². The first-order valence-corrected chi connectivity index (χ1v) is 7.76. The lowest BCUT2D eigenvalue weighted by Crippen LogP contribution is -2.43. The minimum Gasteiger partial charge on any atom is -0.307 e. The molecule has 1 aliphatic rings. The van der Waals surface area contributed by atoms with Crippen LogP contribution in [0.2, 0.25) is 0 Å². The molecular weight excluding hydrogens is 275 g/mol. The molecule has 1 heterocycles. The second-order valence-corrected chi connectivity index (χ2v) is 6.49. The number of nitrogens with one attached hydrogen (secondary N) is 1. The molecule has 1 N–H and O–H groups in total. The van der Waals surface area contributed by atoms with Gasteiger partial charge in [0.2, 0.25) is 0 Å². The lowest BCUT2D eigenvalue weighted by atomic mass is 9.79. The van der Waals surface area contributed by atoms with Crippen molar-refractivity contribution < 1.29 is 13.2 Å². The third-order valence-electron chi connectivity index (χ3n) is 4.27. The van der Waals surface area contributed by atoms with Gasteiger partial charge in [-0.3, -0.25) is 0 Å². The lowest BCUT2D eigenvalue weighted by molar-refractivity contribution is -0.137. The number of hydrogen-bond donors (Lipinski definition) is 1. The van der Waals surface area contributed by atoms with Gasteiger partial charge in [0.15, 0.2) is 0 Å². The molecule has 118 valence electrons. The summed E-state index contributed by atoms with van der Waals surface area (Å²) in [6.45, 7) is 5.27. The minimum absolute atomic E-state index is 0.172. The van der Waals surface area contributed by atoms with Gasteiger partial charge >= 0.3 is 6.18 Å². The smallest absolute Gasteiger partial charge is 0.307 e. The zero-order valence-corrected chi connectivity index (χ0v) is 12.8. The lowest BCUT2D eigenvalue weighted by Gasteiger charge is -2.36. The summed E-state index contributed by atoms with van der Waals surface area (Å²) in [5.41, 5.74) is 0.250. The van der Waals surface area contributed by atoms with Crippen LogP contribution < -0.4 is 5.32 Å². The molecule has 0 radical (unpaired) electrons. The van der Waals surface area contributed by atoms with E-state index in [-0.39, 0.29) is 5.54 Å². The second-order valence-electron chi connectivity index (χ2n) is 6.49. The molecule has 1 unspecified atom stereocenters. The van der Waals surface area contributed by atoms with Gasteiger partial charge in [-0.1, -0.05) is 38.8 Å². The van der Waals surface area contributed by atoms with Crippen molar-refractivity contribution in [3.8, 4) is 0 Å². The van der Waals surface area contributed by atoms with Crippen LogP contribution in [0.5, 0.6) is 0 Å². The predicted molar refractivity (Wildman–Crippen MR) is 79.0 cm³/mol. The van der Waals surface area contributed by atoms with Crippen molar-refractivity contribution in [2.75, 3.05) is 6.54 Å². The van der Waals surface area contributed by atoms with E-state index in [9.17, 15) is 13.2 Å². The fraction of sp³-hybridized carbons (Fsp3) is 0.647. The van der Waals surface area contributed by atoms with Gasteiger partial charge in [0.05, 0.1) is 5.56 Å². The molecule has 1 fully saturated rings. The van der Waals surface area contributed by atoms with Crippen LogP contribution in [-0.2, 0) is 11.7 Å². The topological polar surface area (TPSA) is 12.0 Å². The maximum atomic E-state index is 12.7. The van der Waals surface area contributed by atoms with Gasteiger partial charge in [-0.25, -0.2) is 0 Å². The van der Waals surface area contributed by atoms with Crippen molar-refractivity contribution in [2.24, 2.45) is 5.92 Å². The molecule has 1 atom stereocenters. The number of hydrogen-bond acceptors (Lipinski definition) is 1. The van der Waals surface area contributed by atoms with E-state index in [2.05, 4.69) is 19.2 Å². The summed E-state index contributed by atoms with van der Waals surface area (Å²) in [4.78, 5) is 0. The monoisotopic (exact) mass is 299 g/mol. The third kappa shape index (κ3) is 4.00. The van der Waals surface area contributed by atoms with Gasteiger partial charge in [0, 0.05) is 5.54 Å². The van der Waals surface area contributed by atoms with Crippen LogP contribution in [0.3, 0.4) is 0 Å². The van der Waals surface area contributed by atoms with Crippen LogP contribution in [0, 0.1) is 5.92 Å². The van der Waals surface area contributed by atoms with Crippen molar-refractivity contribution in [1.82, 2.24) is 5.32 Å². The highest BCUT2D eigenvalue weighted by Gasteiger charge is 2.35. The van der Waals surface area contributed by atoms with E-state index in [0.29, 0.717) is 5.92 Å². The summed E-state index contributed by atoms with van der Waals surface area (Å²) in [5, 5.41) is 3.62. The predicted octanol–water partition coefficient (Wildman–Crippen LogP) is 5.11. The highest BCUT2D eigenvalue weighted by Crippen LogP contribution is 2.37. The number of alkyl halides is 3. The molecule has 1 aromatic carbocycles. The van der Waals surface area contributed by atoms with Crippen LogP contribution in [0.1, 0.15) is 57.1 Å². The van der Waals surface area contributed by atoms with Crippen LogP contribution in [-0.4, -0.2) is 6.54 Å². The average Bonchev–Trinajstić information content (AvgIpc) is 2.64. The Labute approximate surface area is 124 Å². The van der Waals surface area contributed by atoms with Gasteiger partial charge in [-0.2, -0.15) is 13.2 Å². The Morgan fingerprint density at radius 3 is 2.33 bits per heavy atom. The Bertz CT molecular complexity index is 440. The Morgan fingerprint density at radius 1 is 1.10 bits per heavy atom. The molecule has 0 spiro atoms. The molecule has 21 heavy (non-hydrogen) atoms. The fourth-order valence-electron chi connectivity index (χ4n) is 3.36. The molecule has 1 aromatic rings. The molecule has 0 saturated carbocycles. The average molecular weight is 299 g/mol.